The molecule has 0 bridgehead atoms. The van der Waals surface area contributed by atoms with Gasteiger partial charge in [-0.05, 0) is 34.1 Å². The normalized spacial score (nSPS) is 16.7. The second-order valence-electron chi connectivity index (χ2n) is 4.73. The van der Waals surface area contributed by atoms with Crippen LogP contribution >= 0.6 is 0 Å². The Morgan fingerprint density at radius 3 is 1.79 bits per heavy atom. The van der Waals surface area contributed by atoms with Crippen molar-refractivity contribution in [3.05, 3.63) is 0 Å². The molecule has 0 N–H and O–H groups in total. The third-order valence-electron chi connectivity index (χ3n) is 2.70. The smallest absolute Gasteiger partial charge is 0.425 e. The van der Waals surface area contributed by atoms with Crippen LogP contribution in [0, 0.1) is 5.41 Å². The van der Waals surface area contributed by atoms with Gasteiger partial charge in [0.25, 0.3) is 0 Å². The molecule has 0 saturated carbocycles. The molecule has 0 aliphatic rings. The van der Waals surface area contributed by atoms with Crippen molar-refractivity contribution in [2.45, 2.75) is 59.4 Å². The van der Waals surface area contributed by atoms with E-state index in [0.29, 0.717) is 6.92 Å². The Morgan fingerprint density at radius 1 is 1.05 bits per heavy atom. The quantitative estimate of drug-likeness (QED) is 0.575. The molecule has 2 unspecified atom stereocenters. The van der Waals surface area contributed by atoms with E-state index in [1.165, 1.54) is 13.8 Å². The molecule has 0 heterocycles. The van der Waals surface area contributed by atoms with Crippen LogP contribution in [-0.2, 0) is 19.1 Å². The van der Waals surface area contributed by atoms with Gasteiger partial charge >= 0.3 is 18.1 Å². The van der Waals surface area contributed by atoms with Gasteiger partial charge in [0.05, 0.1) is 6.10 Å². The Morgan fingerprint density at radius 2 is 1.47 bits per heavy atom. The lowest BCUT2D eigenvalue weighted by atomic mass is 9.87. The van der Waals surface area contributed by atoms with Crippen LogP contribution in [0.15, 0.2) is 0 Å². The van der Waals surface area contributed by atoms with Crippen molar-refractivity contribution in [2.24, 2.45) is 5.41 Å². The fourth-order valence-corrected chi connectivity index (χ4v) is 1.07. The van der Waals surface area contributed by atoms with Crippen LogP contribution in [0.2, 0.25) is 0 Å². The average Bonchev–Trinajstić information content (AvgIpc) is 2.25. The third-order valence-corrected chi connectivity index (χ3v) is 2.70. The van der Waals surface area contributed by atoms with Crippen molar-refractivity contribution in [3.8, 4) is 0 Å². The maximum absolute atomic E-state index is 12.3. The van der Waals surface area contributed by atoms with Crippen LogP contribution in [0.4, 0.5) is 13.2 Å². The van der Waals surface area contributed by atoms with Crippen LogP contribution in [-0.4, -0.2) is 30.3 Å². The minimum absolute atomic E-state index is 0.0119. The molecular weight excluding hydrogens is 265 g/mol. The maximum Gasteiger partial charge on any atom is 0.425 e. The fourth-order valence-electron chi connectivity index (χ4n) is 1.07. The van der Waals surface area contributed by atoms with Crippen LogP contribution < -0.4 is 0 Å². The summed E-state index contributed by atoms with van der Waals surface area (Å²) in [6, 6.07) is 0. The molecule has 112 valence electrons. The van der Waals surface area contributed by atoms with E-state index in [4.69, 9.17) is 4.74 Å². The molecule has 2 atom stereocenters. The predicted octanol–water partition coefficient (Wildman–Crippen LogP) is 2.85. The lowest BCUT2D eigenvalue weighted by Gasteiger charge is -2.27. The summed E-state index contributed by atoms with van der Waals surface area (Å²) >= 11 is 0. The highest BCUT2D eigenvalue weighted by molar-refractivity contribution is 5.99. The summed E-state index contributed by atoms with van der Waals surface area (Å²) in [7, 11) is 0. The number of esters is 2. The zero-order chi connectivity index (χ0) is 15.4. The zero-order valence-corrected chi connectivity index (χ0v) is 11.6. The van der Waals surface area contributed by atoms with Gasteiger partial charge in [0.15, 0.2) is 11.5 Å². The van der Waals surface area contributed by atoms with Crippen LogP contribution in [0.5, 0.6) is 0 Å². The topological polar surface area (TPSA) is 52.6 Å². The Labute approximate surface area is 110 Å². The Kier molecular flexibility index (Phi) is 5.83. The highest BCUT2D eigenvalue weighted by Gasteiger charge is 2.47. The van der Waals surface area contributed by atoms with Gasteiger partial charge in [0.1, 0.15) is 0 Å². The largest absolute Gasteiger partial charge is 0.462 e. The lowest BCUT2D eigenvalue weighted by molar-refractivity contribution is -0.223. The van der Waals surface area contributed by atoms with E-state index in [1.807, 2.05) is 0 Å². The van der Waals surface area contributed by atoms with E-state index in [9.17, 15) is 22.8 Å². The number of carbonyl (C=O) groups excluding carboxylic acids is 2. The first-order valence-corrected chi connectivity index (χ1v) is 5.94. The first kappa shape index (κ1) is 17.7. The van der Waals surface area contributed by atoms with Crippen molar-refractivity contribution in [2.75, 3.05) is 0 Å². The first-order chi connectivity index (χ1) is 8.45. The van der Waals surface area contributed by atoms with E-state index in [1.54, 1.807) is 13.8 Å². The van der Waals surface area contributed by atoms with Crippen molar-refractivity contribution in [3.63, 3.8) is 0 Å². The lowest BCUT2D eigenvalue weighted by Crippen LogP contribution is -2.43. The fraction of sp³-hybridized carbons (Fsp3) is 0.833. The van der Waals surface area contributed by atoms with Crippen molar-refractivity contribution in [1.82, 2.24) is 0 Å². The number of ether oxygens (including phenoxy) is 2. The molecule has 0 aliphatic heterocycles. The minimum atomic E-state index is -4.66. The summed E-state index contributed by atoms with van der Waals surface area (Å²) in [5.41, 5.74) is -1.73. The zero-order valence-electron chi connectivity index (χ0n) is 11.6. The third kappa shape index (κ3) is 4.72. The van der Waals surface area contributed by atoms with Crippen molar-refractivity contribution >= 4 is 11.9 Å². The average molecular weight is 284 g/mol. The standard InChI is InChI=1S/C12H19F3O4/c1-6-11(5,9(16)18-7(2)3)10(17)19-8(4)12(13,14)15/h7-8H,6H2,1-5H3. The van der Waals surface area contributed by atoms with E-state index in [-0.39, 0.29) is 6.42 Å². The van der Waals surface area contributed by atoms with Crippen molar-refractivity contribution < 1.29 is 32.2 Å². The van der Waals surface area contributed by atoms with E-state index in [2.05, 4.69) is 4.74 Å². The molecule has 19 heavy (non-hydrogen) atoms. The summed E-state index contributed by atoms with van der Waals surface area (Å²) in [6.45, 7) is 6.58. The van der Waals surface area contributed by atoms with Crippen LogP contribution in [0.25, 0.3) is 0 Å². The van der Waals surface area contributed by atoms with Gasteiger partial charge in [-0.3, -0.25) is 9.59 Å². The number of halogens is 3. The van der Waals surface area contributed by atoms with Gasteiger partial charge in [-0.2, -0.15) is 13.2 Å². The number of rotatable bonds is 5. The monoisotopic (exact) mass is 284 g/mol. The second kappa shape index (κ2) is 6.25. The Balaban J connectivity index is 4.94. The highest BCUT2D eigenvalue weighted by atomic mass is 19.4. The number of hydrogen-bond donors (Lipinski definition) is 0. The molecule has 0 rings (SSSR count). The van der Waals surface area contributed by atoms with E-state index >= 15 is 0 Å². The Hall–Kier alpha value is -1.27. The molecule has 0 aromatic carbocycles. The molecule has 0 aliphatic carbocycles. The molecule has 0 spiro atoms. The molecule has 0 saturated heterocycles. The molecule has 0 fully saturated rings. The minimum Gasteiger partial charge on any atom is -0.462 e. The molecular formula is C12H19F3O4. The summed E-state index contributed by atoms with van der Waals surface area (Å²) in [4.78, 5) is 23.5. The van der Waals surface area contributed by atoms with E-state index in [0.717, 1.165) is 0 Å². The molecule has 0 radical (unpaired) electrons. The summed E-state index contributed by atoms with van der Waals surface area (Å²) in [6.07, 6.45) is -7.40. The number of carbonyl (C=O) groups is 2. The maximum atomic E-state index is 12.3. The van der Waals surface area contributed by atoms with Gasteiger partial charge in [0, 0.05) is 0 Å². The second-order valence-corrected chi connectivity index (χ2v) is 4.73. The Bertz CT molecular complexity index is 338. The van der Waals surface area contributed by atoms with Gasteiger partial charge in [-0.1, -0.05) is 6.92 Å². The van der Waals surface area contributed by atoms with E-state index < -0.39 is 35.7 Å². The number of alkyl halides is 3. The molecule has 7 heteroatoms. The summed E-state index contributed by atoms with van der Waals surface area (Å²) < 4.78 is 46.1. The number of hydrogen-bond acceptors (Lipinski definition) is 4. The van der Waals surface area contributed by atoms with Crippen molar-refractivity contribution in [1.29, 1.82) is 0 Å². The summed E-state index contributed by atoms with van der Waals surface area (Å²) in [5, 5.41) is 0. The van der Waals surface area contributed by atoms with Gasteiger partial charge < -0.3 is 9.47 Å². The molecule has 4 nitrogen and oxygen atoms in total. The molecule has 0 aromatic heterocycles. The molecule has 0 aromatic rings. The van der Waals surface area contributed by atoms with Gasteiger partial charge in [-0.25, -0.2) is 0 Å². The van der Waals surface area contributed by atoms with Crippen LogP contribution in [0.1, 0.15) is 41.0 Å². The van der Waals surface area contributed by atoms with Gasteiger partial charge in [0.2, 0.25) is 0 Å². The SMILES string of the molecule is CCC(C)(C(=O)OC(C)C)C(=O)OC(C)C(F)(F)F. The predicted molar refractivity (Wildman–Crippen MR) is 61.2 cm³/mol. The summed E-state index contributed by atoms with van der Waals surface area (Å²) in [5.74, 6) is -2.12. The van der Waals surface area contributed by atoms with Gasteiger partial charge in [-0.15, -0.1) is 0 Å². The van der Waals surface area contributed by atoms with Crippen LogP contribution in [0.3, 0.4) is 0 Å². The molecule has 0 amide bonds. The first-order valence-electron chi connectivity index (χ1n) is 5.94. The highest BCUT2D eigenvalue weighted by Crippen LogP contribution is 2.29.